The number of carbonyl (C=O) groups excluding carboxylic acids is 2. The highest BCUT2D eigenvalue weighted by molar-refractivity contribution is 5.89. The number of aryl methyl sites for hydroxylation is 1. The first-order valence-corrected chi connectivity index (χ1v) is 7.73. The molecule has 7 heteroatoms. The lowest BCUT2D eigenvalue weighted by Crippen LogP contribution is -2.37. The summed E-state index contributed by atoms with van der Waals surface area (Å²) in [6, 6.07) is 5.58. The second-order valence-electron chi connectivity index (χ2n) is 6.03. The monoisotopic (exact) mass is 330 g/mol. The Balaban J connectivity index is 1.89. The van der Waals surface area contributed by atoms with Crippen molar-refractivity contribution >= 4 is 11.8 Å². The van der Waals surface area contributed by atoms with Crippen LogP contribution >= 0.6 is 0 Å². The largest absolute Gasteiger partial charge is 0.345 e. The van der Waals surface area contributed by atoms with Crippen LogP contribution in [-0.2, 0) is 16.6 Å². The number of likely N-dealkylation sites (tertiary alicyclic amines) is 1. The maximum atomic E-state index is 14.3. The summed E-state index contributed by atoms with van der Waals surface area (Å²) in [4.78, 5) is 30.0. The molecule has 2 heterocycles. The molecule has 0 bridgehead atoms. The number of nitrogens with one attached hydrogen (secondary N) is 1. The van der Waals surface area contributed by atoms with E-state index in [0.29, 0.717) is 17.9 Å². The third-order valence-electron chi connectivity index (χ3n) is 4.33. The topological polar surface area (TPSA) is 67.2 Å². The van der Waals surface area contributed by atoms with Crippen molar-refractivity contribution in [2.75, 3.05) is 13.6 Å². The Labute approximate surface area is 139 Å². The molecule has 1 fully saturated rings. The summed E-state index contributed by atoms with van der Waals surface area (Å²) in [7, 11) is 3.46. The van der Waals surface area contributed by atoms with Gasteiger partial charge >= 0.3 is 0 Å². The standard InChI is InChI=1S/C17H19FN4O2/c1-21-8-7-19-16(21)15(12-5-3-4-6-13(12)18)20-17(24)11-9-14(23)22(2)10-11/h3-8,11,15H,9-10H2,1-2H3,(H,20,24)/t11-,15+/m0/s1. The van der Waals surface area contributed by atoms with Gasteiger partial charge in [-0.3, -0.25) is 9.59 Å². The molecule has 126 valence electrons. The molecule has 1 aromatic carbocycles. The van der Waals surface area contributed by atoms with Crippen molar-refractivity contribution in [1.29, 1.82) is 0 Å². The molecule has 1 N–H and O–H groups in total. The first-order chi connectivity index (χ1) is 11.5. The van der Waals surface area contributed by atoms with Crippen LogP contribution in [0.15, 0.2) is 36.7 Å². The van der Waals surface area contributed by atoms with Gasteiger partial charge in [-0.15, -0.1) is 0 Å². The van der Waals surface area contributed by atoms with E-state index in [4.69, 9.17) is 0 Å². The number of rotatable bonds is 4. The Morgan fingerprint density at radius 2 is 2.12 bits per heavy atom. The maximum absolute atomic E-state index is 14.3. The molecule has 24 heavy (non-hydrogen) atoms. The maximum Gasteiger partial charge on any atom is 0.226 e. The van der Waals surface area contributed by atoms with Gasteiger partial charge in [-0.2, -0.15) is 0 Å². The summed E-state index contributed by atoms with van der Waals surface area (Å²) in [6.45, 7) is 0.370. The number of hydrogen-bond donors (Lipinski definition) is 1. The van der Waals surface area contributed by atoms with E-state index in [2.05, 4.69) is 10.3 Å². The Morgan fingerprint density at radius 3 is 2.71 bits per heavy atom. The van der Waals surface area contributed by atoms with Gasteiger partial charge in [0.1, 0.15) is 17.7 Å². The number of carbonyl (C=O) groups is 2. The average molecular weight is 330 g/mol. The van der Waals surface area contributed by atoms with Crippen LogP contribution in [0.5, 0.6) is 0 Å². The molecule has 0 radical (unpaired) electrons. The smallest absolute Gasteiger partial charge is 0.226 e. The van der Waals surface area contributed by atoms with Crippen molar-refractivity contribution < 1.29 is 14.0 Å². The van der Waals surface area contributed by atoms with E-state index in [1.807, 2.05) is 0 Å². The van der Waals surface area contributed by atoms with Crippen LogP contribution < -0.4 is 5.32 Å². The van der Waals surface area contributed by atoms with Crippen molar-refractivity contribution in [1.82, 2.24) is 19.8 Å². The lowest BCUT2D eigenvalue weighted by Gasteiger charge is -2.21. The predicted molar refractivity (Wildman–Crippen MR) is 85.3 cm³/mol. The second-order valence-corrected chi connectivity index (χ2v) is 6.03. The molecule has 2 atom stereocenters. The minimum Gasteiger partial charge on any atom is -0.345 e. The summed E-state index contributed by atoms with van der Waals surface area (Å²) in [5.41, 5.74) is 0.345. The molecular weight excluding hydrogens is 311 g/mol. The quantitative estimate of drug-likeness (QED) is 0.917. The number of aromatic nitrogens is 2. The second kappa shape index (κ2) is 6.43. The van der Waals surface area contributed by atoms with Gasteiger partial charge in [0, 0.05) is 45.0 Å². The summed E-state index contributed by atoms with van der Waals surface area (Å²) in [6.07, 6.45) is 3.51. The molecule has 0 saturated carbocycles. The first kappa shape index (κ1) is 16.2. The van der Waals surface area contributed by atoms with Gasteiger partial charge in [0.05, 0.1) is 5.92 Å². The molecule has 2 amide bonds. The fourth-order valence-electron chi connectivity index (χ4n) is 2.95. The van der Waals surface area contributed by atoms with Crippen LogP contribution in [0.25, 0.3) is 0 Å². The molecule has 1 aliphatic heterocycles. The molecule has 2 aromatic rings. The third-order valence-corrected chi connectivity index (χ3v) is 4.33. The Morgan fingerprint density at radius 1 is 1.38 bits per heavy atom. The number of amides is 2. The summed E-state index contributed by atoms with van der Waals surface area (Å²) in [5, 5.41) is 2.86. The van der Waals surface area contributed by atoms with E-state index in [1.165, 1.54) is 11.0 Å². The number of benzene rings is 1. The molecule has 0 spiro atoms. The van der Waals surface area contributed by atoms with Gasteiger partial charge in [-0.25, -0.2) is 9.37 Å². The van der Waals surface area contributed by atoms with Crippen molar-refractivity contribution in [3.05, 3.63) is 53.9 Å². The lowest BCUT2D eigenvalue weighted by molar-refractivity contribution is -0.128. The number of halogens is 1. The molecule has 1 saturated heterocycles. The molecule has 1 aliphatic rings. The van der Waals surface area contributed by atoms with Crippen LogP contribution in [0.3, 0.4) is 0 Å². The minimum absolute atomic E-state index is 0.0606. The Bertz CT molecular complexity index is 773. The lowest BCUT2D eigenvalue weighted by atomic mass is 10.0. The van der Waals surface area contributed by atoms with Gasteiger partial charge in [0.25, 0.3) is 0 Å². The molecule has 6 nitrogen and oxygen atoms in total. The zero-order chi connectivity index (χ0) is 17.3. The van der Waals surface area contributed by atoms with E-state index >= 15 is 0 Å². The summed E-state index contributed by atoms with van der Waals surface area (Å²) in [5.74, 6) is -0.646. The highest BCUT2D eigenvalue weighted by Crippen LogP contribution is 2.25. The van der Waals surface area contributed by atoms with Gasteiger partial charge < -0.3 is 14.8 Å². The van der Waals surface area contributed by atoms with E-state index < -0.39 is 17.8 Å². The van der Waals surface area contributed by atoms with Gasteiger partial charge in [0.15, 0.2) is 0 Å². The van der Waals surface area contributed by atoms with Gasteiger partial charge in [0.2, 0.25) is 11.8 Å². The van der Waals surface area contributed by atoms with Crippen LogP contribution in [0.4, 0.5) is 4.39 Å². The number of nitrogens with zero attached hydrogens (tertiary/aromatic N) is 3. The molecule has 3 rings (SSSR count). The molecule has 0 aliphatic carbocycles. The number of imidazole rings is 1. The summed E-state index contributed by atoms with van der Waals surface area (Å²) < 4.78 is 16.0. The van der Waals surface area contributed by atoms with E-state index in [1.54, 1.807) is 49.3 Å². The Kier molecular flexibility index (Phi) is 4.33. The molecular formula is C17H19FN4O2. The van der Waals surface area contributed by atoms with Crippen molar-refractivity contribution in [3.63, 3.8) is 0 Å². The van der Waals surface area contributed by atoms with E-state index in [-0.39, 0.29) is 18.2 Å². The van der Waals surface area contributed by atoms with Gasteiger partial charge in [-0.1, -0.05) is 18.2 Å². The Hall–Kier alpha value is -2.70. The summed E-state index contributed by atoms with van der Waals surface area (Å²) >= 11 is 0. The molecule has 0 unspecified atom stereocenters. The van der Waals surface area contributed by atoms with Gasteiger partial charge in [-0.05, 0) is 6.07 Å². The van der Waals surface area contributed by atoms with Crippen molar-refractivity contribution in [2.45, 2.75) is 12.5 Å². The van der Waals surface area contributed by atoms with Crippen LogP contribution in [0.2, 0.25) is 0 Å². The fraction of sp³-hybridized carbons (Fsp3) is 0.353. The third kappa shape index (κ3) is 3.02. The normalized spacial score (nSPS) is 18.7. The van der Waals surface area contributed by atoms with Crippen molar-refractivity contribution in [2.24, 2.45) is 13.0 Å². The first-order valence-electron chi connectivity index (χ1n) is 7.73. The van der Waals surface area contributed by atoms with Crippen LogP contribution in [-0.4, -0.2) is 39.9 Å². The fourth-order valence-corrected chi connectivity index (χ4v) is 2.95. The van der Waals surface area contributed by atoms with Crippen molar-refractivity contribution in [3.8, 4) is 0 Å². The SMILES string of the molecule is CN1C[C@@H](C(=O)N[C@H](c2ccccc2F)c2nccn2C)CC1=O. The van der Waals surface area contributed by atoms with E-state index in [0.717, 1.165) is 0 Å². The number of hydrogen-bond acceptors (Lipinski definition) is 3. The predicted octanol–water partition coefficient (Wildman–Crippen LogP) is 1.24. The highest BCUT2D eigenvalue weighted by atomic mass is 19.1. The van der Waals surface area contributed by atoms with Crippen LogP contribution in [0, 0.1) is 11.7 Å². The zero-order valence-corrected chi connectivity index (χ0v) is 13.6. The van der Waals surface area contributed by atoms with E-state index in [9.17, 15) is 14.0 Å². The average Bonchev–Trinajstić information content (AvgIpc) is 3.12. The van der Waals surface area contributed by atoms with Crippen LogP contribution in [0.1, 0.15) is 23.9 Å². The minimum atomic E-state index is -0.709. The highest BCUT2D eigenvalue weighted by Gasteiger charge is 2.34. The molecule has 1 aromatic heterocycles. The zero-order valence-electron chi connectivity index (χ0n) is 13.6.